The van der Waals surface area contributed by atoms with Crippen LogP contribution < -0.4 is 25.6 Å². The molecule has 0 aliphatic carbocycles. The summed E-state index contributed by atoms with van der Waals surface area (Å²) < 4.78 is 10.7. The summed E-state index contributed by atoms with van der Waals surface area (Å²) in [5.41, 5.74) is 6.17. The van der Waals surface area contributed by atoms with Gasteiger partial charge in [0.15, 0.2) is 11.7 Å². The summed E-state index contributed by atoms with van der Waals surface area (Å²) in [4.78, 5) is 23.9. The van der Waals surface area contributed by atoms with E-state index in [0.717, 1.165) is 5.56 Å². The van der Waals surface area contributed by atoms with Crippen molar-refractivity contribution in [2.24, 2.45) is 0 Å². The lowest BCUT2D eigenvalue weighted by atomic mass is 10.2. The molecule has 2 amide bonds. The third-order valence-electron chi connectivity index (χ3n) is 3.42. The molecule has 0 spiro atoms. The normalized spacial score (nSPS) is 9.85. The van der Waals surface area contributed by atoms with Gasteiger partial charge in [0, 0.05) is 5.56 Å². The molecule has 0 bridgehead atoms. The maximum absolute atomic E-state index is 12.1. The highest BCUT2D eigenvalue weighted by molar-refractivity contribution is 7.80. The minimum Gasteiger partial charge on any atom is -0.494 e. The van der Waals surface area contributed by atoms with E-state index in [9.17, 15) is 9.59 Å². The van der Waals surface area contributed by atoms with Gasteiger partial charge in [-0.2, -0.15) is 0 Å². The standard InChI is InChI=1S/C19H21N3O4S/c1-3-25-15-10-8-14(9-11-15)18(24)20-19(27)22-21-17(23)12-26-16-7-5-4-6-13(16)2/h4-11H,3,12H2,1-2H3,(H,21,23)(H2,20,22,24,27). The molecule has 0 aliphatic rings. The van der Waals surface area contributed by atoms with Gasteiger partial charge in [-0.15, -0.1) is 0 Å². The average Bonchev–Trinajstić information content (AvgIpc) is 2.66. The Labute approximate surface area is 163 Å². The second kappa shape index (κ2) is 10.1. The van der Waals surface area contributed by atoms with E-state index in [1.54, 1.807) is 30.3 Å². The molecular weight excluding hydrogens is 366 g/mol. The molecule has 2 aromatic carbocycles. The van der Waals surface area contributed by atoms with Gasteiger partial charge in [0.2, 0.25) is 0 Å². The largest absolute Gasteiger partial charge is 0.494 e. The van der Waals surface area contributed by atoms with E-state index in [4.69, 9.17) is 21.7 Å². The monoisotopic (exact) mass is 387 g/mol. The number of hydrogen-bond donors (Lipinski definition) is 3. The lowest BCUT2D eigenvalue weighted by Crippen LogP contribution is -2.49. The highest BCUT2D eigenvalue weighted by Crippen LogP contribution is 2.15. The van der Waals surface area contributed by atoms with Gasteiger partial charge in [-0.25, -0.2) is 0 Å². The molecule has 0 atom stereocenters. The van der Waals surface area contributed by atoms with Gasteiger partial charge in [0.1, 0.15) is 11.5 Å². The Morgan fingerprint density at radius 2 is 1.70 bits per heavy atom. The zero-order chi connectivity index (χ0) is 19.6. The first-order chi connectivity index (χ1) is 13.0. The van der Waals surface area contributed by atoms with Crippen molar-refractivity contribution in [2.45, 2.75) is 13.8 Å². The van der Waals surface area contributed by atoms with Crippen LogP contribution in [0.2, 0.25) is 0 Å². The van der Waals surface area contributed by atoms with E-state index in [2.05, 4.69) is 16.2 Å². The summed E-state index contributed by atoms with van der Waals surface area (Å²) in [6, 6.07) is 14.0. The van der Waals surface area contributed by atoms with Crippen molar-refractivity contribution in [1.82, 2.24) is 16.2 Å². The van der Waals surface area contributed by atoms with Crippen LogP contribution in [0, 0.1) is 6.92 Å². The van der Waals surface area contributed by atoms with Gasteiger partial charge in [0.05, 0.1) is 6.61 Å². The minimum atomic E-state index is -0.434. The molecule has 27 heavy (non-hydrogen) atoms. The van der Waals surface area contributed by atoms with Crippen molar-refractivity contribution in [1.29, 1.82) is 0 Å². The topological polar surface area (TPSA) is 88.7 Å². The molecule has 0 unspecified atom stereocenters. The van der Waals surface area contributed by atoms with Crippen molar-refractivity contribution >= 4 is 29.1 Å². The van der Waals surface area contributed by atoms with E-state index < -0.39 is 11.8 Å². The fraction of sp³-hybridized carbons (Fsp3) is 0.211. The Hall–Kier alpha value is -3.13. The number of para-hydroxylation sites is 1. The molecular formula is C19H21N3O4S. The molecule has 7 nitrogen and oxygen atoms in total. The first-order valence-corrected chi connectivity index (χ1v) is 8.72. The molecule has 142 valence electrons. The van der Waals surface area contributed by atoms with Crippen LogP contribution >= 0.6 is 12.2 Å². The average molecular weight is 387 g/mol. The highest BCUT2D eigenvalue weighted by atomic mass is 32.1. The molecule has 0 radical (unpaired) electrons. The summed E-state index contributed by atoms with van der Waals surface area (Å²) in [5, 5.41) is 2.44. The maximum Gasteiger partial charge on any atom is 0.276 e. The fourth-order valence-electron chi connectivity index (χ4n) is 2.10. The molecule has 0 saturated carbocycles. The van der Waals surface area contributed by atoms with E-state index in [-0.39, 0.29) is 11.7 Å². The number of ether oxygens (including phenoxy) is 2. The molecule has 2 aromatic rings. The summed E-state index contributed by atoms with van der Waals surface area (Å²) in [7, 11) is 0. The summed E-state index contributed by atoms with van der Waals surface area (Å²) in [6.07, 6.45) is 0. The third kappa shape index (κ3) is 6.59. The maximum atomic E-state index is 12.1. The van der Waals surface area contributed by atoms with Crippen LogP contribution in [-0.4, -0.2) is 30.1 Å². The minimum absolute atomic E-state index is 0.0295. The molecule has 0 aliphatic heterocycles. The molecule has 0 aromatic heterocycles. The SMILES string of the molecule is CCOc1ccc(C(=O)NC(=S)NNC(=O)COc2ccccc2C)cc1. The zero-order valence-electron chi connectivity index (χ0n) is 15.1. The number of thiocarbonyl (C=S) groups is 1. The summed E-state index contributed by atoms with van der Waals surface area (Å²) >= 11 is 4.99. The van der Waals surface area contributed by atoms with Crippen molar-refractivity contribution in [3.8, 4) is 11.5 Å². The fourth-order valence-corrected chi connectivity index (χ4v) is 2.24. The lowest BCUT2D eigenvalue weighted by Gasteiger charge is -2.12. The Balaban J connectivity index is 1.74. The van der Waals surface area contributed by atoms with Gasteiger partial charge in [0.25, 0.3) is 11.8 Å². The Morgan fingerprint density at radius 1 is 1.00 bits per heavy atom. The van der Waals surface area contributed by atoms with Crippen molar-refractivity contribution < 1.29 is 19.1 Å². The van der Waals surface area contributed by atoms with Gasteiger partial charge >= 0.3 is 0 Å². The first kappa shape index (κ1) is 20.2. The van der Waals surface area contributed by atoms with Crippen LogP contribution in [0.5, 0.6) is 11.5 Å². The number of carbonyl (C=O) groups excluding carboxylic acids is 2. The molecule has 8 heteroatoms. The van der Waals surface area contributed by atoms with Crippen LogP contribution in [0.25, 0.3) is 0 Å². The second-order valence-electron chi connectivity index (χ2n) is 5.47. The number of hydrazine groups is 1. The second-order valence-corrected chi connectivity index (χ2v) is 5.88. The lowest BCUT2D eigenvalue weighted by molar-refractivity contribution is -0.123. The highest BCUT2D eigenvalue weighted by Gasteiger charge is 2.09. The van der Waals surface area contributed by atoms with Gasteiger partial charge < -0.3 is 9.47 Å². The number of amides is 2. The summed E-state index contributed by atoms with van der Waals surface area (Å²) in [6.45, 7) is 4.13. The zero-order valence-corrected chi connectivity index (χ0v) is 15.9. The van der Waals surface area contributed by atoms with Crippen molar-refractivity contribution in [2.75, 3.05) is 13.2 Å². The first-order valence-electron chi connectivity index (χ1n) is 8.31. The van der Waals surface area contributed by atoms with Crippen molar-refractivity contribution in [3.63, 3.8) is 0 Å². The van der Waals surface area contributed by atoms with Crippen LogP contribution in [0.1, 0.15) is 22.8 Å². The number of hydrogen-bond acceptors (Lipinski definition) is 5. The number of aryl methyl sites for hydroxylation is 1. The van der Waals surface area contributed by atoms with Crippen LogP contribution in [0.15, 0.2) is 48.5 Å². The Kier molecular flexibility index (Phi) is 7.57. The molecule has 0 saturated heterocycles. The van der Waals surface area contributed by atoms with E-state index in [1.807, 2.05) is 32.0 Å². The number of rotatable bonds is 6. The quantitative estimate of drug-likeness (QED) is 0.520. The van der Waals surface area contributed by atoms with Crippen molar-refractivity contribution in [3.05, 3.63) is 59.7 Å². The number of benzene rings is 2. The Bertz CT molecular complexity index is 809. The predicted octanol–water partition coefficient (Wildman–Crippen LogP) is 2.11. The molecule has 0 fully saturated rings. The van der Waals surface area contributed by atoms with Gasteiger partial charge in [-0.1, -0.05) is 18.2 Å². The Morgan fingerprint density at radius 3 is 2.37 bits per heavy atom. The van der Waals surface area contributed by atoms with Crippen LogP contribution in [0.4, 0.5) is 0 Å². The summed E-state index contributed by atoms with van der Waals surface area (Å²) in [5.74, 6) is 0.464. The number of nitrogens with one attached hydrogen (secondary N) is 3. The smallest absolute Gasteiger partial charge is 0.276 e. The molecule has 3 N–H and O–H groups in total. The third-order valence-corrected chi connectivity index (χ3v) is 3.63. The van der Waals surface area contributed by atoms with Crippen LogP contribution in [-0.2, 0) is 4.79 Å². The van der Waals surface area contributed by atoms with Crippen LogP contribution in [0.3, 0.4) is 0 Å². The van der Waals surface area contributed by atoms with E-state index in [0.29, 0.717) is 23.7 Å². The van der Waals surface area contributed by atoms with Gasteiger partial charge in [-0.3, -0.25) is 25.8 Å². The number of carbonyl (C=O) groups is 2. The molecule has 0 heterocycles. The predicted molar refractivity (Wildman–Crippen MR) is 106 cm³/mol. The molecule has 2 rings (SSSR count). The van der Waals surface area contributed by atoms with E-state index >= 15 is 0 Å². The van der Waals surface area contributed by atoms with Gasteiger partial charge in [-0.05, 0) is 62.0 Å². The van der Waals surface area contributed by atoms with E-state index in [1.165, 1.54) is 0 Å².